The van der Waals surface area contributed by atoms with Crippen molar-refractivity contribution in [3.05, 3.63) is 0 Å². The average Bonchev–Trinajstić information content (AvgIpc) is 2.35. The van der Waals surface area contributed by atoms with E-state index in [1.165, 1.54) is 0 Å². The second-order valence-electron chi connectivity index (χ2n) is 5.99. The fraction of sp³-hybridized carbons (Fsp3) is 0.929. The Labute approximate surface area is 111 Å². The normalized spacial score (nSPS) is 26.4. The van der Waals surface area contributed by atoms with Gasteiger partial charge in [0.2, 0.25) is 5.91 Å². The summed E-state index contributed by atoms with van der Waals surface area (Å²) in [5, 5.41) is 13.2. The number of nitrogens with one attached hydrogen (secondary N) is 1. The minimum atomic E-state index is -0.815. The van der Waals surface area contributed by atoms with Crippen LogP contribution in [0.25, 0.3) is 0 Å². The first kappa shape index (κ1) is 15.4. The highest BCUT2D eigenvalue weighted by Crippen LogP contribution is 2.20. The van der Waals surface area contributed by atoms with Gasteiger partial charge in [0.1, 0.15) is 0 Å². The van der Waals surface area contributed by atoms with E-state index in [9.17, 15) is 9.90 Å². The SMILES string of the molecule is CCC(C)C(C)(O)CNC(=O)C1CCCN(C)C1. The van der Waals surface area contributed by atoms with E-state index < -0.39 is 5.60 Å². The molecular weight excluding hydrogens is 228 g/mol. The van der Waals surface area contributed by atoms with E-state index in [1.54, 1.807) is 6.92 Å². The van der Waals surface area contributed by atoms with Gasteiger partial charge in [-0.2, -0.15) is 0 Å². The summed E-state index contributed by atoms with van der Waals surface area (Å²) in [6.45, 7) is 8.12. The van der Waals surface area contributed by atoms with Gasteiger partial charge >= 0.3 is 0 Å². The van der Waals surface area contributed by atoms with E-state index in [0.717, 1.165) is 32.4 Å². The second kappa shape index (κ2) is 6.53. The van der Waals surface area contributed by atoms with Gasteiger partial charge in [-0.1, -0.05) is 20.3 Å². The molecule has 2 N–H and O–H groups in total. The van der Waals surface area contributed by atoms with Crippen LogP contribution in [0.15, 0.2) is 0 Å². The summed E-state index contributed by atoms with van der Waals surface area (Å²) < 4.78 is 0. The molecule has 1 fully saturated rings. The molecule has 4 nitrogen and oxygen atoms in total. The Hall–Kier alpha value is -0.610. The lowest BCUT2D eigenvalue weighted by atomic mass is 9.88. The minimum Gasteiger partial charge on any atom is -0.388 e. The van der Waals surface area contributed by atoms with E-state index in [-0.39, 0.29) is 17.7 Å². The molecule has 1 aliphatic rings. The fourth-order valence-electron chi connectivity index (χ4n) is 2.40. The number of carbonyl (C=O) groups excluding carboxylic acids is 1. The molecule has 3 atom stereocenters. The molecule has 0 aromatic carbocycles. The van der Waals surface area contributed by atoms with Crippen LogP contribution in [0.4, 0.5) is 0 Å². The molecule has 1 heterocycles. The molecule has 1 rings (SSSR count). The molecule has 106 valence electrons. The van der Waals surface area contributed by atoms with E-state index in [1.807, 2.05) is 6.92 Å². The Morgan fingerprint density at radius 1 is 1.61 bits per heavy atom. The van der Waals surface area contributed by atoms with Crippen molar-refractivity contribution in [3.8, 4) is 0 Å². The molecular formula is C14H28N2O2. The van der Waals surface area contributed by atoms with Crippen molar-refractivity contribution < 1.29 is 9.90 Å². The third-order valence-electron chi connectivity index (χ3n) is 4.29. The molecule has 1 aliphatic heterocycles. The summed E-state index contributed by atoms with van der Waals surface area (Å²) >= 11 is 0. The smallest absolute Gasteiger partial charge is 0.224 e. The maximum absolute atomic E-state index is 12.1. The number of rotatable bonds is 5. The molecule has 3 unspecified atom stereocenters. The maximum Gasteiger partial charge on any atom is 0.224 e. The van der Waals surface area contributed by atoms with Crippen LogP contribution in [0, 0.1) is 11.8 Å². The first-order chi connectivity index (χ1) is 8.36. The highest BCUT2D eigenvalue weighted by atomic mass is 16.3. The van der Waals surface area contributed by atoms with Crippen LogP contribution in [0.5, 0.6) is 0 Å². The molecule has 4 heteroatoms. The number of likely N-dealkylation sites (tertiary alicyclic amines) is 1. The number of aliphatic hydroxyl groups is 1. The standard InChI is InChI=1S/C14H28N2O2/c1-5-11(2)14(3,18)10-15-13(17)12-7-6-8-16(4)9-12/h11-12,18H,5-10H2,1-4H3,(H,15,17). The first-order valence-electron chi connectivity index (χ1n) is 7.05. The highest BCUT2D eigenvalue weighted by Gasteiger charge is 2.29. The summed E-state index contributed by atoms with van der Waals surface area (Å²) in [6, 6.07) is 0. The number of carbonyl (C=O) groups is 1. The van der Waals surface area contributed by atoms with Crippen molar-refractivity contribution >= 4 is 5.91 Å². The van der Waals surface area contributed by atoms with E-state index >= 15 is 0 Å². The van der Waals surface area contributed by atoms with Crippen LogP contribution < -0.4 is 5.32 Å². The Morgan fingerprint density at radius 3 is 2.83 bits per heavy atom. The maximum atomic E-state index is 12.1. The molecule has 0 aromatic heterocycles. The van der Waals surface area contributed by atoms with Crippen LogP contribution in [-0.2, 0) is 4.79 Å². The number of hydrogen-bond acceptors (Lipinski definition) is 3. The lowest BCUT2D eigenvalue weighted by Gasteiger charge is -2.32. The predicted octanol–water partition coefficient (Wildman–Crippen LogP) is 1.24. The zero-order chi connectivity index (χ0) is 13.8. The molecule has 0 aromatic rings. The average molecular weight is 256 g/mol. The minimum absolute atomic E-state index is 0.0801. The van der Waals surface area contributed by atoms with Crippen molar-refractivity contribution in [2.24, 2.45) is 11.8 Å². The van der Waals surface area contributed by atoms with Gasteiger partial charge in [0.15, 0.2) is 0 Å². The first-order valence-corrected chi connectivity index (χ1v) is 7.05. The van der Waals surface area contributed by atoms with E-state index in [4.69, 9.17) is 0 Å². The molecule has 0 aliphatic carbocycles. The number of hydrogen-bond donors (Lipinski definition) is 2. The summed E-state index contributed by atoms with van der Waals surface area (Å²) in [5.74, 6) is 0.355. The summed E-state index contributed by atoms with van der Waals surface area (Å²) in [7, 11) is 2.05. The van der Waals surface area contributed by atoms with E-state index in [0.29, 0.717) is 6.54 Å². The molecule has 0 saturated carbocycles. The van der Waals surface area contributed by atoms with Gasteiger partial charge < -0.3 is 15.3 Å². The monoisotopic (exact) mass is 256 g/mol. The Morgan fingerprint density at radius 2 is 2.28 bits per heavy atom. The number of nitrogens with zero attached hydrogens (tertiary/aromatic N) is 1. The summed E-state index contributed by atoms with van der Waals surface area (Å²) in [5.41, 5.74) is -0.815. The van der Waals surface area contributed by atoms with Gasteiger partial charge in [-0.3, -0.25) is 4.79 Å². The second-order valence-corrected chi connectivity index (χ2v) is 5.99. The molecule has 1 amide bonds. The van der Waals surface area contributed by atoms with Gasteiger partial charge in [0.05, 0.1) is 11.5 Å². The number of amides is 1. The highest BCUT2D eigenvalue weighted by molar-refractivity contribution is 5.79. The van der Waals surface area contributed by atoms with Crippen molar-refractivity contribution in [2.45, 2.75) is 45.6 Å². The van der Waals surface area contributed by atoms with Gasteiger partial charge in [0, 0.05) is 13.1 Å². The van der Waals surface area contributed by atoms with E-state index in [2.05, 4.69) is 24.2 Å². The van der Waals surface area contributed by atoms with Crippen LogP contribution in [0.3, 0.4) is 0 Å². The zero-order valence-electron chi connectivity index (χ0n) is 12.2. The van der Waals surface area contributed by atoms with Gasteiger partial charge in [-0.15, -0.1) is 0 Å². The zero-order valence-corrected chi connectivity index (χ0v) is 12.2. The van der Waals surface area contributed by atoms with Crippen LogP contribution in [-0.4, -0.2) is 48.2 Å². The van der Waals surface area contributed by atoms with Crippen LogP contribution in [0.2, 0.25) is 0 Å². The summed E-state index contributed by atoms with van der Waals surface area (Å²) in [4.78, 5) is 14.2. The molecule has 1 saturated heterocycles. The Kier molecular flexibility index (Phi) is 5.60. The molecule has 0 bridgehead atoms. The van der Waals surface area contributed by atoms with Crippen molar-refractivity contribution in [1.82, 2.24) is 10.2 Å². The van der Waals surface area contributed by atoms with Crippen molar-refractivity contribution in [3.63, 3.8) is 0 Å². The molecule has 18 heavy (non-hydrogen) atoms. The van der Waals surface area contributed by atoms with Crippen molar-refractivity contribution in [2.75, 3.05) is 26.7 Å². The summed E-state index contributed by atoms with van der Waals surface area (Å²) in [6.07, 6.45) is 2.95. The predicted molar refractivity (Wildman–Crippen MR) is 73.3 cm³/mol. The number of piperidine rings is 1. The van der Waals surface area contributed by atoms with Crippen molar-refractivity contribution in [1.29, 1.82) is 0 Å². The Balaban J connectivity index is 2.40. The van der Waals surface area contributed by atoms with Gasteiger partial charge in [-0.05, 0) is 39.3 Å². The lowest BCUT2D eigenvalue weighted by Crippen LogP contribution is -2.48. The molecule has 0 spiro atoms. The van der Waals surface area contributed by atoms with Crippen LogP contribution >= 0.6 is 0 Å². The lowest BCUT2D eigenvalue weighted by molar-refractivity contribution is -0.128. The largest absolute Gasteiger partial charge is 0.388 e. The third-order valence-corrected chi connectivity index (χ3v) is 4.29. The topological polar surface area (TPSA) is 52.6 Å². The Bertz CT molecular complexity index is 279. The fourth-order valence-corrected chi connectivity index (χ4v) is 2.40. The van der Waals surface area contributed by atoms with Crippen LogP contribution in [0.1, 0.15) is 40.0 Å². The third kappa shape index (κ3) is 4.25. The molecule has 0 radical (unpaired) electrons. The van der Waals surface area contributed by atoms with Gasteiger partial charge in [0.25, 0.3) is 0 Å². The quantitative estimate of drug-likeness (QED) is 0.778. The van der Waals surface area contributed by atoms with Gasteiger partial charge in [-0.25, -0.2) is 0 Å².